The molecular weight excluding hydrogens is 1700 g/mol. The van der Waals surface area contributed by atoms with Crippen molar-refractivity contribution in [1.29, 1.82) is 0 Å². The van der Waals surface area contributed by atoms with E-state index in [2.05, 4.69) is 213 Å². The summed E-state index contributed by atoms with van der Waals surface area (Å²) in [7, 11) is 0. The van der Waals surface area contributed by atoms with E-state index in [0.29, 0.717) is 79.1 Å². The number of carboxylic acid groups (broad SMARTS) is 4. The molecule has 0 unspecified atom stereocenters. The summed E-state index contributed by atoms with van der Waals surface area (Å²) in [6.45, 7) is 11.4. The average Bonchev–Trinajstić information content (AvgIpc) is 1.66. The summed E-state index contributed by atoms with van der Waals surface area (Å²) in [4.78, 5) is 92.8. The van der Waals surface area contributed by atoms with Gasteiger partial charge in [-0.05, 0) is 390 Å². The number of carboxylic acids is 4. The van der Waals surface area contributed by atoms with E-state index in [0.717, 1.165) is 201 Å². The number of nitrogens with zero attached hydrogens (tertiary/aromatic N) is 5. The first-order chi connectivity index (χ1) is 65.4. The number of urea groups is 2. The van der Waals surface area contributed by atoms with Gasteiger partial charge in [0.05, 0.1) is 0 Å². The van der Waals surface area contributed by atoms with Gasteiger partial charge in [0.2, 0.25) is 0 Å². The number of amides is 5. The van der Waals surface area contributed by atoms with Crippen molar-refractivity contribution < 1.29 is 54.0 Å². The molecule has 5 aliphatic carbocycles. The maximum absolute atomic E-state index is 13.2. The van der Waals surface area contributed by atoms with Gasteiger partial charge in [-0.15, -0.1) is 0 Å². The molecule has 4 aliphatic heterocycles. The van der Waals surface area contributed by atoms with Crippen molar-refractivity contribution in [2.75, 3.05) is 51.1 Å². The molecule has 0 aromatic heterocycles. The van der Waals surface area contributed by atoms with Gasteiger partial charge in [-0.1, -0.05) is 177 Å². The maximum atomic E-state index is 13.2. The minimum atomic E-state index is -0.676. The molecule has 5 amide bonds. The van der Waals surface area contributed by atoms with Gasteiger partial charge in [0.15, 0.2) is 5.11 Å². The SMILES string of the molecule is CC(C)N(C(=O)N1CCc2cc(-c3ccc(C4CCC(CC(=O)O)CC4)cc3)ccc21)C(C)C.O=C(O)CC1CCC(c2ccc(-c3ccc4c(c3)CCN4C(=O)NC3CCCCC3)cc2)CC1.O=C(O)CC1CCC(c2ccc(-c3ccc4c(c3)CCN4C(=O)c3ccccc3)cc2)CC1.O=C(O)CC1CCC(c2ccc(-c3ccc4c(c3)CCN4C(=S)Nc3ccccc3)cc2)CC1. The van der Waals surface area contributed by atoms with Crippen LogP contribution in [0, 0.1) is 23.7 Å². The van der Waals surface area contributed by atoms with Crippen LogP contribution in [0.2, 0.25) is 0 Å². The highest BCUT2D eigenvalue weighted by atomic mass is 32.1. The first-order valence-corrected chi connectivity index (χ1v) is 50.4. The molecule has 0 bridgehead atoms. The zero-order chi connectivity index (χ0) is 94.2. The van der Waals surface area contributed by atoms with Crippen LogP contribution in [-0.4, -0.2) is 117 Å². The van der Waals surface area contributed by atoms with Crippen LogP contribution in [0.5, 0.6) is 0 Å². The van der Waals surface area contributed by atoms with Gasteiger partial charge < -0.3 is 45.8 Å². The van der Waals surface area contributed by atoms with Crippen LogP contribution in [0.25, 0.3) is 44.5 Å². The van der Waals surface area contributed by atoms with E-state index in [1.165, 1.54) is 114 Å². The number of benzene rings is 10. The predicted octanol–water partition coefficient (Wildman–Crippen LogP) is 26.4. The molecule has 10 aromatic rings. The minimum Gasteiger partial charge on any atom is -0.481 e. The number of aliphatic carboxylic acids is 4. The third kappa shape index (κ3) is 24.4. The largest absolute Gasteiger partial charge is 0.481 e. The maximum Gasteiger partial charge on any atom is 0.324 e. The van der Waals surface area contributed by atoms with Crippen LogP contribution in [0.1, 0.15) is 267 Å². The summed E-state index contributed by atoms with van der Waals surface area (Å²) in [6.07, 6.45) is 27.5. The molecule has 0 atom stereocenters. The van der Waals surface area contributed by atoms with Crippen LogP contribution in [-0.2, 0) is 44.9 Å². The summed E-state index contributed by atoms with van der Waals surface area (Å²) in [5.41, 5.74) is 26.1. The fraction of sp³-hybridized carbons (Fsp3) is 0.414. The van der Waals surface area contributed by atoms with Crippen molar-refractivity contribution in [3.05, 3.63) is 281 Å². The molecule has 10 aromatic carbocycles. The Bertz CT molecular complexity index is 5760. The number of nitrogens with one attached hydrogen (secondary N) is 2. The van der Waals surface area contributed by atoms with Crippen LogP contribution >= 0.6 is 12.2 Å². The summed E-state index contributed by atoms with van der Waals surface area (Å²) < 4.78 is 0. The predicted molar refractivity (Wildman–Crippen MR) is 546 cm³/mol. The first kappa shape index (κ1) is 95.9. The van der Waals surface area contributed by atoms with Crippen molar-refractivity contribution in [2.24, 2.45) is 23.7 Å². The number of carbonyl (C=O) groups is 7. The highest BCUT2D eigenvalue weighted by Gasteiger charge is 2.36. The second-order valence-electron chi connectivity index (χ2n) is 39.9. The van der Waals surface area contributed by atoms with Crippen molar-refractivity contribution in [3.63, 3.8) is 0 Å². The van der Waals surface area contributed by atoms with Gasteiger partial charge in [0.1, 0.15) is 0 Å². The normalized spacial score (nSPS) is 20.5. The minimum absolute atomic E-state index is 0.0563. The second kappa shape index (κ2) is 45.0. The van der Waals surface area contributed by atoms with E-state index in [9.17, 15) is 33.6 Å². The average molecular weight is 1830 g/mol. The summed E-state index contributed by atoms with van der Waals surface area (Å²) >= 11 is 5.69. The first-order valence-electron chi connectivity index (χ1n) is 49.9. The quantitative estimate of drug-likeness (QED) is 0.0367. The van der Waals surface area contributed by atoms with E-state index < -0.39 is 23.9 Å². The van der Waals surface area contributed by atoms with Gasteiger partial charge in [-0.25, -0.2) is 9.59 Å². The lowest BCUT2D eigenvalue weighted by Crippen LogP contribution is -2.49. The third-order valence-electron chi connectivity index (χ3n) is 30.3. The van der Waals surface area contributed by atoms with E-state index in [1.807, 2.05) is 80.3 Å². The molecule has 9 aliphatic rings. The van der Waals surface area contributed by atoms with Gasteiger partial charge in [0, 0.05) is 104 Å². The van der Waals surface area contributed by atoms with Crippen LogP contribution in [0.3, 0.4) is 0 Å². The Balaban J connectivity index is 0.000000131. The molecule has 19 rings (SSSR count). The van der Waals surface area contributed by atoms with Crippen LogP contribution in [0.4, 0.5) is 38.0 Å². The van der Waals surface area contributed by atoms with Crippen molar-refractivity contribution in [2.45, 2.75) is 256 Å². The number of anilines is 5. The highest BCUT2D eigenvalue weighted by molar-refractivity contribution is 7.80. The lowest BCUT2D eigenvalue weighted by molar-refractivity contribution is -0.139. The molecule has 0 radical (unpaired) electrons. The fourth-order valence-corrected chi connectivity index (χ4v) is 23.2. The van der Waals surface area contributed by atoms with E-state index in [1.54, 1.807) is 0 Å². The molecule has 19 heteroatoms. The molecule has 0 saturated heterocycles. The second-order valence-corrected chi connectivity index (χ2v) is 40.2. The zero-order valence-electron chi connectivity index (χ0n) is 78.9. The Morgan fingerprint density at radius 3 is 0.956 bits per heavy atom. The Labute approximate surface area is 802 Å². The van der Waals surface area contributed by atoms with E-state index >= 15 is 0 Å². The molecule has 704 valence electrons. The summed E-state index contributed by atoms with van der Waals surface area (Å²) in [5, 5.41) is 43.5. The monoisotopic (exact) mass is 1830 g/mol. The number of thiocarbonyl (C=S) groups is 1. The lowest BCUT2D eigenvalue weighted by Gasteiger charge is -2.34. The molecule has 18 nitrogen and oxygen atoms in total. The smallest absolute Gasteiger partial charge is 0.324 e. The number of hydrogen-bond donors (Lipinski definition) is 6. The Hall–Kier alpha value is -12.2. The fourth-order valence-electron chi connectivity index (χ4n) is 22.9. The summed E-state index contributed by atoms with van der Waals surface area (Å²) in [5.74, 6) is 0.859. The molecule has 0 spiro atoms. The third-order valence-corrected chi connectivity index (χ3v) is 30.6. The standard InChI is InChI=1S/C29H36N2O3.C29H38N2O3.C29H30N2O2S.C29H29NO3/c32-28(33)18-20-6-8-21(9-7-20)22-10-12-23(13-11-22)24-14-15-27-25(19-24)16-17-31(27)29(34)30-26-4-2-1-3-5-26;1-19(2)31(20(3)4)29(34)30-16-15-26-18-25(13-14-27(26)30)24-11-9-23(10-12-24)22-7-5-21(6-8-22)17-28(32)33;32-28(33)18-20-6-8-21(9-7-20)22-10-12-23(13-11-22)24-14-15-27-25(19-24)16-17-31(27)29(34)30-26-4-2-1-3-5-26;31-28(32)18-20-6-8-21(9-7-20)22-10-12-23(13-11-22)25-14-15-27-26(19-25)16-17-30(27)29(33)24-4-2-1-3-5-24/h10-15,19-21,26H,1-9,16-18H2,(H,30,34)(H,32,33);9-14,18-22H,5-8,15-17H2,1-4H3,(H,32,33);1-5,10-15,19-21H,6-9,16-18H2,(H,30,34)(H,32,33);1-5,10-15,19-21H,6-9,16-18H2,(H,31,32). The number of hydrogen-bond acceptors (Lipinski definition) is 8. The topological polar surface area (TPSA) is 241 Å². The summed E-state index contributed by atoms with van der Waals surface area (Å²) in [6, 6.07) is 82.0. The number of rotatable bonds is 21. The highest BCUT2D eigenvalue weighted by Crippen LogP contribution is 2.46. The molecule has 4 heterocycles. The molecule has 6 N–H and O–H groups in total. The van der Waals surface area contributed by atoms with Crippen molar-refractivity contribution in [3.8, 4) is 44.5 Å². The van der Waals surface area contributed by atoms with Gasteiger partial charge >= 0.3 is 35.9 Å². The number of fused-ring (bicyclic) bond motifs is 4. The zero-order valence-corrected chi connectivity index (χ0v) is 79.7. The van der Waals surface area contributed by atoms with Crippen molar-refractivity contribution >= 4 is 87.6 Å². The Morgan fingerprint density at radius 2 is 0.622 bits per heavy atom. The molecule has 135 heavy (non-hydrogen) atoms. The van der Waals surface area contributed by atoms with Gasteiger partial charge in [-0.3, -0.25) is 33.8 Å². The Morgan fingerprint density at radius 1 is 0.333 bits per heavy atom. The van der Waals surface area contributed by atoms with Gasteiger partial charge in [0.25, 0.3) is 5.91 Å². The van der Waals surface area contributed by atoms with Gasteiger partial charge in [-0.2, -0.15) is 0 Å². The number of para-hydroxylation sites is 1. The molecule has 5 fully saturated rings. The lowest BCUT2D eigenvalue weighted by atomic mass is 9.77. The van der Waals surface area contributed by atoms with Crippen LogP contribution < -0.4 is 30.2 Å². The molecule has 5 saturated carbocycles. The van der Waals surface area contributed by atoms with E-state index in [4.69, 9.17) is 32.6 Å². The molecular formula is C116H133N7O11S. The van der Waals surface area contributed by atoms with Crippen molar-refractivity contribution in [1.82, 2.24) is 10.2 Å². The van der Waals surface area contributed by atoms with Crippen LogP contribution in [0.15, 0.2) is 231 Å². The number of carbonyl (C=O) groups excluding carboxylic acids is 3. The Kier molecular flexibility index (Phi) is 31.9. The van der Waals surface area contributed by atoms with E-state index in [-0.39, 0.29) is 30.1 Å².